The van der Waals surface area contributed by atoms with Crippen molar-refractivity contribution in [2.45, 2.75) is 6.04 Å². The topological polar surface area (TPSA) is 70.1 Å². The molecule has 3 rings (SSSR count). The number of benzene rings is 2. The first kappa shape index (κ1) is 18.8. The zero-order chi connectivity index (χ0) is 19.6. The van der Waals surface area contributed by atoms with Gasteiger partial charge in [0.1, 0.15) is 0 Å². The minimum Gasteiger partial charge on any atom is -0.283 e. The summed E-state index contributed by atoms with van der Waals surface area (Å²) < 4.78 is 0. The zero-order valence-electron chi connectivity index (χ0n) is 14.9. The average Bonchev–Trinajstić information content (AvgIpc) is 2.69. The minimum absolute atomic E-state index is 0.405. The quantitative estimate of drug-likeness (QED) is 0.601. The molecule has 27 heavy (non-hydrogen) atoms. The molecule has 0 unspecified atom stereocenters. The van der Waals surface area contributed by atoms with Crippen LogP contribution in [0.15, 0.2) is 59.6 Å². The Morgan fingerprint density at radius 2 is 1.41 bits per heavy atom. The fourth-order valence-electron chi connectivity index (χ4n) is 2.88. The summed E-state index contributed by atoms with van der Waals surface area (Å²) in [7, 11) is 2.70. The molecule has 7 heteroatoms. The first-order valence-corrected chi connectivity index (χ1v) is 8.70. The van der Waals surface area contributed by atoms with E-state index in [4.69, 9.17) is 11.6 Å². The van der Waals surface area contributed by atoms with E-state index in [2.05, 4.69) is 4.99 Å². The van der Waals surface area contributed by atoms with Crippen LogP contribution in [0.3, 0.4) is 0 Å². The van der Waals surface area contributed by atoms with Crippen LogP contribution >= 0.6 is 11.6 Å². The second-order valence-electron chi connectivity index (χ2n) is 6.22. The monoisotopic (exact) mass is 383 g/mol. The summed E-state index contributed by atoms with van der Waals surface area (Å²) in [5.74, 6) is -2.30. The molecule has 1 aliphatic rings. The molecule has 0 aromatic heterocycles. The summed E-state index contributed by atoms with van der Waals surface area (Å²) in [6.07, 6.45) is 1.33. The first-order valence-electron chi connectivity index (χ1n) is 8.33. The molecule has 1 fully saturated rings. The Hall–Kier alpha value is -2.99. The summed E-state index contributed by atoms with van der Waals surface area (Å²) in [5.41, 5.74) is 1.78. The molecule has 4 amide bonds. The Labute approximate surface area is 162 Å². The lowest BCUT2D eigenvalue weighted by Gasteiger charge is -2.31. The smallest absolute Gasteiger partial charge is 0.283 e. The van der Waals surface area contributed by atoms with Crippen LogP contribution in [0.4, 0.5) is 4.79 Å². The highest BCUT2D eigenvalue weighted by atomic mass is 35.5. The van der Waals surface area contributed by atoms with Gasteiger partial charge in [-0.1, -0.05) is 54.1 Å². The number of amides is 4. The zero-order valence-corrected chi connectivity index (χ0v) is 15.6. The van der Waals surface area contributed by atoms with Gasteiger partial charge in [-0.25, -0.2) is 4.79 Å². The Morgan fingerprint density at radius 1 is 0.889 bits per heavy atom. The average molecular weight is 384 g/mol. The van der Waals surface area contributed by atoms with Gasteiger partial charge in [-0.15, -0.1) is 0 Å². The number of carbonyl (C=O) groups is 3. The van der Waals surface area contributed by atoms with Crippen LogP contribution in [0.2, 0.25) is 5.02 Å². The van der Waals surface area contributed by atoms with E-state index in [0.29, 0.717) is 5.02 Å². The maximum absolute atomic E-state index is 12.4. The SMILES string of the molecule is CN1C(=O)C(C=N[C@H](c2ccccc2)c2ccc(Cl)cc2)C(=O)N(C)C1=O. The highest BCUT2D eigenvalue weighted by Crippen LogP contribution is 2.27. The van der Waals surface area contributed by atoms with Crippen molar-refractivity contribution in [1.29, 1.82) is 0 Å². The van der Waals surface area contributed by atoms with Gasteiger partial charge >= 0.3 is 6.03 Å². The summed E-state index contributed by atoms with van der Waals surface area (Å²) in [5, 5.41) is 0.605. The predicted octanol–water partition coefficient (Wildman–Crippen LogP) is 3.17. The van der Waals surface area contributed by atoms with Gasteiger partial charge in [0.25, 0.3) is 0 Å². The molecule has 0 aliphatic carbocycles. The standard InChI is InChI=1S/C20H18ClN3O3/c1-23-18(25)16(19(26)24(2)20(23)27)12-22-17(13-6-4-3-5-7-13)14-8-10-15(21)11-9-14/h3-12,16-17H,1-2H3/t17-/m1/s1. The van der Waals surface area contributed by atoms with E-state index in [-0.39, 0.29) is 0 Å². The molecule has 2 aromatic carbocycles. The van der Waals surface area contributed by atoms with Crippen molar-refractivity contribution in [2.24, 2.45) is 10.9 Å². The van der Waals surface area contributed by atoms with E-state index in [0.717, 1.165) is 20.9 Å². The van der Waals surface area contributed by atoms with Gasteiger partial charge in [-0.3, -0.25) is 24.4 Å². The van der Waals surface area contributed by atoms with Crippen LogP contribution in [-0.2, 0) is 9.59 Å². The van der Waals surface area contributed by atoms with Crippen molar-refractivity contribution in [3.63, 3.8) is 0 Å². The lowest BCUT2D eigenvalue weighted by molar-refractivity contribution is -0.144. The lowest BCUT2D eigenvalue weighted by Crippen LogP contribution is -2.57. The second kappa shape index (κ2) is 7.72. The molecule has 0 spiro atoms. The lowest BCUT2D eigenvalue weighted by atomic mass is 9.98. The van der Waals surface area contributed by atoms with Crippen molar-refractivity contribution >= 4 is 35.7 Å². The molecule has 0 bridgehead atoms. The number of barbiturate groups is 1. The van der Waals surface area contributed by atoms with Gasteiger partial charge in [0.2, 0.25) is 11.8 Å². The molecule has 1 saturated heterocycles. The van der Waals surface area contributed by atoms with E-state index in [1.54, 1.807) is 12.1 Å². The Kier molecular flexibility index (Phi) is 5.37. The van der Waals surface area contributed by atoms with Crippen molar-refractivity contribution in [3.05, 3.63) is 70.7 Å². The first-order chi connectivity index (χ1) is 12.9. The summed E-state index contributed by atoms with van der Waals surface area (Å²) in [6, 6.07) is 15.7. The fraction of sp³-hybridized carbons (Fsp3) is 0.200. The number of halogens is 1. The molecular formula is C20H18ClN3O3. The van der Waals surface area contributed by atoms with Crippen molar-refractivity contribution in [2.75, 3.05) is 14.1 Å². The van der Waals surface area contributed by atoms with Crippen LogP contribution in [-0.4, -0.2) is 48.0 Å². The maximum Gasteiger partial charge on any atom is 0.332 e. The van der Waals surface area contributed by atoms with E-state index < -0.39 is 29.8 Å². The van der Waals surface area contributed by atoms with Gasteiger partial charge in [0.05, 0.1) is 6.04 Å². The normalized spacial score (nSPS) is 17.1. The molecule has 1 atom stereocenters. The van der Waals surface area contributed by atoms with Crippen LogP contribution in [0.1, 0.15) is 17.2 Å². The third-order valence-electron chi connectivity index (χ3n) is 4.45. The fourth-order valence-corrected chi connectivity index (χ4v) is 3.01. The van der Waals surface area contributed by atoms with Gasteiger partial charge in [-0.05, 0) is 23.3 Å². The highest BCUT2D eigenvalue weighted by Gasteiger charge is 2.41. The molecule has 138 valence electrons. The number of carbonyl (C=O) groups excluding carboxylic acids is 3. The molecule has 1 aliphatic heterocycles. The number of nitrogens with zero attached hydrogens (tertiary/aromatic N) is 3. The number of hydrogen-bond donors (Lipinski definition) is 0. The van der Waals surface area contributed by atoms with Gasteiger partial charge in [-0.2, -0.15) is 0 Å². The van der Waals surface area contributed by atoms with Crippen molar-refractivity contribution in [1.82, 2.24) is 9.80 Å². The van der Waals surface area contributed by atoms with Crippen LogP contribution in [0.25, 0.3) is 0 Å². The number of urea groups is 1. The number of rotatable bonds is 4. The van der Waals surface area contributed by atoms with Crippen LogP contribution in [0, 0.1) is 5.92 Å². The third kappa shape index (κ3) is 3.75. The van der Waals surface area contributed by atoms with Crippen molar-refractivity contribution in [3.8, 4) is 0 Å². The van der Waals surface area contributed by atoms with E-state index in [1.165, 1.54) is 20.3 Å². The Bertz CT molecular complexity index is 872. The van der Waals surface area contributed by atoms with Crippen molar-refractivity contribution < 1.29 is 14.4 Å². The van der Waals surface area contributed by atoms with Crippen LogP contribution < -0.4 is 0 Å². The molecule has 0 saturated carbocycles. The third-order valence-corrected chi connectivity index (χ3v) is 4.70. The van der Waals surface area contributed by atoms with Crippen LogP contribution in [0.5, 0.6) is 0 Å². The molecule has 0 radical (unpaired) electrons. The van der Waals surface area contributed by atoms with E-state index >= 15 is 0 Å². The Morgan fingerprint density at radius 3 is 1.96 bits per heavy atom. The number of hydrogen-bond acceptors (Lipinski definition) is 4. The predicted molar refractivity (Wildman–Crippen MR) is 103 cm³/mol. The molecule has 1 heterocycles. The Balaban J connectivity index is 1.96. The number of aliphatic imine (C=N–C) groups is 1. The minimum atomic E-state index is -1.13. The van der Waals surface area contributed by atoms with E-state index in [1.807, 2.05) is 42.5 Å². The second-order valence-corrected chi connectivity index (χ2v) is 6.65. The summed E-state index contributed by atoms with van der Waals surface area (Å²) in [6.45, 7) is 0. The van der Waals surface area contributed by atoms with Gasteiger partial charge < -0.3 is 0 Å². The highest BCUT2D eigenvalue weighted by molar-refractivity contribution is 6.30. The molecular weight excluding hydrogens is 366 g/mol. The van der Waals surface area contributed by atoms with Gasteiger partial charge in [0.15, 0.2) is 5.92 Å². The van der Waals surface area contributed by atoms with E-state index in [9.17, 15) is 14.4 Å². The van der Waals surface area contributed by atoms with Gasteiger partial charge in [0, 0.05) is 25.3 Å². The number of imide groups is 2. The summed E-state index contributed by atoms with van der Waals surface area (Å²) >= 11 is 5.97. The maximum atomic E-state index is 12.4. The molecule has 6 nitrogen and oxygen atoms in total. The molecule has 0 N–H and O–H groups in total. The largest absolute Gasteiger partial charge is 0.332 e. The summed E-state index contributed by atoms with van der Waals surface area (Å²) in [4.78, 5) is 43.0. The molecule has 2 aromatic rings.